The molecule has 2 aromatic rings. The predicted molar refractivity (Wildman–Crippen MR) is 76.5 cm³/mol. The minimum Gasteiger partial charge on any atom is -0.494 e. The molecule has 1 aromatic carbocycles. The van der Waals surface area contributed by atoms with E-state index >= 15 is 0 Å². The van der Waals surface area contributed by atoms with Crippen LogP contribution in [-0.2, 0) is 19.6 Å². The van der Waals surface area contributed by atoms with Crippen LogP contribution < -0.4 is 4.74 Å². The SMILES string of the molecule is CCc1c(CO)nnn1CCCCOc1ccccc1. The average Bonchev–Trinajstić information content (AvgIpc) is 2.90. The zero-order valence-corrected chi connectivity index (χ0v) is 11.8. The van der Waals surface area contributed by atoms with Crippen molar-refractivity contribution >= 4 is 0 Å². The van der Waals surface area contributed by atoms with E-state index < -0.39 is 0 Å². The largest absolute Gasteiger partial charge is 0.494 e. The Balaban J connectivity index is 1.72. The van der Waals surface area contributed by atoms with Crippen LogP contribution in [0.2, 0.25) is 0 Å². The van der Waals surface area contributed by atoms with Gasteiger partial charge < -0.3 is 9.84 Å². The molecule has 0 saturated heterocycles. The lowest BCUT2D eigenvalue weighted by molar-refractivity contribution is 0.275. The molecule has 5 nitrogen and oxygen atoms in total. The monoisotopic (exact) mass is 275 g/mol. The number of para-hydroxylation sites is 1. The van der Waals surface area contributed by atoms with Gasteiger partial charge in [0.1, 0.15) is 11.4 Å². The van der Waals surface area contributed by atoms with Crippen molar-refractivity contribution in [1.82, 2.24) is 15.0 Å². The average molecular weight is 275 g/mol. The van der Waals surface area contributed by atoms with Gasteiger partial charge in [-0.1, -0.05) is 30.3 Å². The van der Waals surface area contributed by atoms with Crippen molar-refractivity contribution in [2.45, 2.75) is 39.3 Å². The summed E-state index contributed by atoms with van der Waals surface area (Å²) in [6, 6.07) is 9.83. The number of aryl methyl sites for hydroxylation is 1. The van der Waals surface area contributed by atoms with E-state index in [-0.39, 0.29) is 6.61 Å². The molecule has 0 aliphatic rings. The highest BCUT2D eigenvalue weighted by molar-refractivity contribution is 5.20. The summed E-state index contributed by atoms with van der Waals surface area (Å²) in [5.74, 6) is 0.907. The second-order valence-electron chi connectivity index (χ2n) is 4.59. The Hall–Kier alpha value is -1.88. The van der Waals surface area contributed by atoms with Gasteiger partial charge in [0.2, 0.25) is 0 Å². The summed E-state index contributed by atoms with van der Waals surface area (Å²) in [6.07, 6.45) is 2.78. The molecule has 0 radical (unpaired) electrons. The molecule has 1 aromatic heterocycles. The van der Waals surface area contributed by atoms with Crippen LogP contribution in [0.15, 0.2) is 30.3 Å². The maximum Gasteiger partial charge on any atom is 0.119 e. The number of aliphatic hydroxyl groups is 1. The normalized spacial score (nSPS) is 10.7. The molecule has 0 fully saturated rings. The van der Waals surface area contributed by atoms with Crippen LogP contribution in [0.25, 0.3) is 0 Å². The van der Waals surface area contributed by atoms with E-state index in [9.17, 15) is 0 Å². The molecule has 5 heteroatoms. The Kier molecular flexibility index (Phi) is 5.55. The fraction of sp³-hybridized carbons (Fsp3) is 0.467. The summed E-state index contributed by atoms with van der Waals surface area (Å²) < 4.78 is 7.52. The van der Waals surface area contributed by atoms with Gasteiger partial charge in [0.25, 0.3) is 0 Å². The highest BCUT2D eigenvalue weighted by Crippen LogP contribution is 2.10. The van der Waals surface area contributed by atoms with E-state index in [2.05, 4.69) is 10.3 Å². The lowest BCUT2D eigenvalue weighted by Crippen LogP contribution is -2.07. The molecule has 0 amide bonds. The first-order chi connectivity index (χ1) is 9.85. The molecule has 1 heterocycles. The molecule has 0 bridgehead atoms. The van der Waals surface area contributed by atoms with Crippen molar-refractivity contribution in [3.8, 4) is 5.75 Å². The Morgan fingerprint density at radius 3 is 2.70 bits per heavy atom. The standard InChI is InChI=1S/C15H21N3O2/c1-2-15-14(12-19)16-17-18(15)10-6-7-11-20-13-8-4-3-5-9-13/h3-5,8-9,19H,2,6-7,10-12H2,1H3. The van der Waals surface area contributed by atoms with Crippen molar-refractivity contribution in [2.75, 3.05) is 6.61 Å². The van der Waals surface area contributed by atoms with Crippen LogP contribution in [0.1, 0.15) is 31.2 Å². The third-order valence-electron chi connectivity index (χ3n) is 3.18. The highest BCUT2D eigenvalue weighted by Gasteiger charge is 2.09. The number of unbranched alkanes of at least 4 members (excludes halogenated alkanes) is 1. The van der Waals surface area contributed by atoms with Crippen LogP contribution >= 0.6 is 0 Å². The molecule has 20 heavy (non-hydrogen) atoms. The molecule has 0 saturated carbocycles. The van der Waals surface area contributed by atoms with Gasteiger partial charge >= 0.3 is 0 Å². The van der Waals surface area contributed by atoms with E-state index in [4.69, 9.17) is 9.84 Å². The van der Waals surface area contributed by atoms with Crippen molar-refractivity contribution in [2.24, 2.45) is 0 Å². The van der Waals surface area contributed by atoms with Gasteiger partial charge in [0, 0.05) is 6.54 Å². The van der Waals surface area contributed by atoms with Crippen LogP contribution in [0.3, 0.4) is 0 Å². The molecule has 0 spiro atoms. The molecule has 2 rings (SSSR count). The van der Waals surface area contributed by atoms with Gasteiger partial charge in [-0.25, -0.2) is 4.68 Å². The number of ether oxygens (including phenoxy) is 1. The van der Waals surface area contributed by atoms with Crippen LogP contribution in [0, 0.1) is 0 Å². The summed E-state index contributed by atoms with van der Waals surface area (Å²) in [5.41, 5.74) is 1.71. The van der Waals surface area contributed by atoms with Crippen molar-refractivity contribution in [1.29, 1.82) is 0 Å². The van der Waals surface area contributed by atoms with E-state index in [1.54, 1.807) is 0 Å². The number of benzene rings is 1. The number of aromatic nitrogens is 3. The minimum atomic E-state index is -0.0414. The molecular weight excluding hydrogens is 254 g/mol. The van der Waals surface area contributed by atoms with Gasteiger partial charge in [-0.15, -0.1) is 5.10 Å². The molecule has 108 valence electrons. The first kappa shape index (κ1) is 14.5. The summed E-state index contributed by atoms with van der Waals surface area (Å²) in [7, 11) is 0. The Labute approximate surface area is 119 Å². The molecule has 0 aliphatic heterocycles. The summed E-state index contributed by atoms with van der Waals surface area (Å²) in [5, 5.41) is 17.2. The molecule has 0 atom stereocenters. The lowest BCUT2D eigenvalue weighted by Gasteiger charge is -2.07. The maximum absolute atomic E-state index is 9.16. The van der Waals surface area contributed by atoms with E-state index in [0.717, 1.165) is 37.3 Å². The van der Waals surface area contributed by atoms with Crippen LogP contribution in [-0.4, -0.2) is 26.7 Å². The number of hydrogen-bond acceptors (Lipinski definition) is 4. The van der Waals surface area contributed by atoms with E-state index in [1.165, 1.54) is 0 Å². The lowest BCUT2D eigenvalue weighted by atomic mass is 10.2. The number of hydrogen-bond donors (Lipinski definition) is 1. The number of nitrogens with zero attached hydrogens (tertiary/aromatic N) is 3. The maximum atomic E-state index is 9.16. The van der Waals surface area contributed by atoms with E-state index in [0.29, 0.717) is 12.3 Å². The molecule has 0 unspecified atom stereocenters. The van der Waals surface area contributed by atoms with Crippen molar-refractivity contribution in [3.63, 3.8) is 0 Å². The second kappa shape index (κ2) is 7.65. The van der Waals surface area contributed by atoms with Gasteiger partial charge in [-0.2, -0.15) is 0 Å². The fourth-order valence-corrected chi connectivity index (χ4v) is 2.13. The summed E-state index contributed by atoms with van der Waals surface area (Å²) >= 11 is 0. The highest BCUT2D eigenvalue weighted by atomic mass is 16.5. The van der Waals surface area contributed by atoms with Crippen LogP contribution in [0.4, 0.5) is 0 Å². The zero-order chi connectivity index (χ0) is 14.2. The number of rotatable bonds is 8. The Morgan fingerprint density at radius 2 is 2.00 bits per heavy atom. The molecule has 1 N–H and O–H groups in total. The topological polar surface area (TPSA) is 60.2 Å². The smallest absolute Gasteiger partial charge is 0.119 e. The molecular formula is C15H21N3O2. The quantitative estimate of drug-likeness (QED) is 0.750. The second-order valence-corrected chi connectivity index (χ2v) is 4.59. The first-order valence-corrected chi connectivity index (χ1v) is 7.05. The van der Waals surface area contributed by atoms with Gasteiger partial charge in [-0.3, -0.25) is 0 Å². The third-order valence-corrected chi connectivity index (χ3v) is 3.18. The predicted octanol–water partition coefficient (Wildman–Crippen LogP) is 2.19. The fourth-order valence-electron chi connectivity index (χ4n) is 2.13. The number of aliphatic hydroxyl groups excluding tert-OH is 1. The Bertz CT molecular complexity index is 511. The Morgan fingerprint density at radius 1 is 1.20 bits per heavy atom. The zero-order valence-electron chi connectivity index (χ0n) is 11.8. The van der Waals surface area contributed by atoms with Gasteiger partial charge in [0.05, 0.1) is 18.9 Å². The summed E-state index contributed by atoms with van der Waals surface area (Å²) in [6.45, 7) is 3.52. The first-order valence-electron chi connectivity index (χ1n) is 7.05. The van der Waals surface area contributed by atoms with E-state index in [1.807, 2.05) is 41.9 Å². The van der Waals surface area contributed by atoms with Gasteiger partial charge in [-0.05, 0) is 31.4 Å². The van der Waals surface area contributed by atoms with Crippen molar-refractivity contribution in [3.05, 3.63) is 41.7 Å². The molecule has 0 aliphatic carbocycles. The van der Waals surface area contributed by atoms with Crippen LogP contribution in [0.5, 0.6) is 5.75 Å². The summed E-state index contributed by atoms with van der Waals surface area (Å²) in [4.78, 5) is 0. The minimum absolute atomic E-state index is 0.0414. The van der Waals surface area contributed by atoms with Crippen molar-refractivity contribution < 1.29 is 9.84 Å². The third kappa shape index (κ3) is 3.81. The van der Waals surface area contributed by atoms with Gasteiger partial charge in [0.15, 0.2) is 0 Å².